The van der Waals surface area contributed by atoms with Gasteiger partial charge in [-0.05, 0) is 48.0 Å². The number of para-hydroxylation sites is 1. The van der Waals surface area contributed by atoms with Crippen molar-refractivity contribution >= 4 is 24.0 Å². The van der Waals surface area contributed by atoms with E-state index in [1.54, 1.807) is 48.5 Å². The summed E-state index contributed by atoms with van der Waals surface area (Å²) in [5.41, 5.74) is 4.65. The van der Waals surface area contributed by atoms with Crippen LogP contribution in [0.4, 0.5) is 0 Å². The maximum atomic E-state index is 12.3. The Hall–Kier alpha value is -4.86. The minimum Gasteiger partial charge on any atom is -0.493 e. The topological polar surface area (TPSA) is 125 Å². The summed E-state index contributed by atoms with van der Waals surface area (Å²) in [6.07, 6.45) is 1.45. The standard InChI is InChI=1S/C27H27N3O7/c1-34-23-13-12-20(14-24(23)35-2)26(32)28-16-25(31)30-29-15-21-6-4-5-7-22(21)37-17-18-8-10-19(11-9-18)27(33)36-3/h4-15H,16-17H2,1-3H3,(H,28,32)(H,30,31)/b29-15+. The predicted octanol–water partition coefficient (Wildman–Crippen LogP) is 2.95. The molecule has 0 atom stereocenters. The molecule has 0 aromatic heterocycles. The fourth-order valence-electron chi connectivity index (χ4n) is 3.19. The van der Waals surface area contributed by atoms with Crippen molar-refractivity contribution in [2.45, 2.75) is 6.61 Å². The number of nitrogens with one attached hydrogen (secondary N) is 2. The fraction of sp³-hybridized carbons (Fsp3) is 0.185. The number of nitrogens with zero attached hydrogens (tertiary/aromatic N) is 1. The first kappa shape index (κ1) is 26.7. The molecule has 0 aliphatic rings. The monoisotopic (exact) mass is 505 g/mol. The second-order valence-corrected chi connectivity index (χ2v) is 7.56. The normalized spacial score (nSPS) is 10.5. The van der Waals surface area contributed by atoms with E-state index in [9.17, 15) is 14.4 Å². The number of carbonyl (C=O) groups excluding carboxylic acids is 3. The van der Waals surface area contributed by atoms with E-state index in [-0.39, 0.29) is 13.2 Å². The van der Waals surface area contributed by atoms with Crippen LogP contribution in [0.5, 0.6) is 17.2 Å². The third-order valence-electron chi connectivity index (χ3n) is 5.14. The van der Waals surface area contributed by atoms with Crippen LogP contribution in [0.1, 0.15) is 31.8 Å². The van der Waals surface area contributed by atoms with Gasteiger partial charge in [-0.2, -0.15) is 5.10 Å². The van der Waals surface area contributed by atoms with Crippen LogP contribution in [-0.2, 0) is 16.1 Å². The SMILES string of the molecule is COC(=O)c1ccc(COc2ccccc2/C=N/NC(=O)CNC(=O)c2ccc(OC)c(OC)c2)cc1. The summed E-state index contributed by atoms with van der Waals surface area (Å²) in [6, 6.07) is 18.8. The summed E-state index contributed by atoms with van der Waals surface area (Å²) >= 11 is 0. The van der Waals surface area contributed by atoms with Crippen molar-refractivity contribution in [2.75, 3.05) is 27.9 Å². The molecule has 0 radical (unpaired) electrons. The molecule has 2 N–H and O–H groups in total. The summed E-state index contributed by atoms with van der Waals surface area (Å²) in [5, 5.41) is 6.48. The van der Waals surface area contributed by atoms with Crippen LogP contribution in [0.3, 0.4) is 0 Å². The molecule has 0 bridgehead atoms. The first-order chi connectivity index (χ1) is 17.9. The lowest BCUT2D eigenvalue weighted by Crippen LogP contribution is -2.34. The average Bonchev–Trinajstić information content (AvgIpc) is 2.94. The van der Waals surface area contributed by atoms with Crippen molar-refractivity contribution in [2.24, 2.45) is 5.10 Å². The molecule has 0 spiro atoms. The zero-order valence-corrected chi connectivity index (χ0v) is 20.6. The first-order valence-corrected chi connectivity index (χ1v) is 11.2. The molecule has 37 heavy (non-hydrogen) atoms. The predicted molar refractivity (Wildman–Crippen MR) is 136 cm³/mol. The number of hydrogen-bond acceptors (Lipinski definition) is 8. The molecule has 0 saturated heterocycles. The Balaban J connectivity index is 1.51. The lowest BCUT2D eigenvalue weighted by atomic mass is 10.1. The maximum absolute atomic E-state index is 12.3. The van der Waals surface area contributed by atoms with Gasteiger partial charge in [0.05, 0.1) is 39.7 Å². The van der Waals surface area contributed by atoms with Crippen LogP contribution < -0.4 is 25.0 Å². The Bertz CT molecular complexity index is 1270. The minimum atomic E-state index is -0.505. The Kier molecular flexibility index (Phi) is 9.60. The van der Waals surface area contributed by atoms with Crippen molar-refractivity contribution in [3.63, 3.8) is 0 Å². The van der Waals surface area contributed by atoms with Gasteiger partial charge in [0.1, 0.15) is 12.4 Å². The van der Waals surface area contributed by atoms with Crippen molar-refractivity contribution in [1.29, 1.82) is 0 Å². The van der Waals surface area contributed by atoms with Gasteiger partial charge in [0.2, 0.25) is 0 Å². The molecule has 3 aromatic carbocycles. The molecule has 0 saturated carbocycles. The zero-order chi connectivity index (χ0) is 26.6. The van der Waals surface area contributed by atoms with Gasteiger partial charge in [-0.3, -0.25) is 9.59 Å². The van der Waals surface area contributed by atoms with Gasteiger partial charge >= 0.3 is 5.97 Å². The molecule has 0 heterocycles. The van der Waals surface area contributed by atoms with Gasteiger partial charge in [-0.15, -0.1) is 0 Å². The molecule has 10 nitrogen and oxygen atoms in total. The van der Waals surface area contributed by atoms with Crippen LogP contribution in [0.25, 0.3) is 0 Å². The van der Waals surface area contributed by atoms with E-state index in [4.69, 9.17) is 18.9 Å². The van der Waals surface area contributed by atoms with E-state index >= 15 is 0 Å². The molecule has 0 aliphatic carbocycles. The molecular formula is C27H27N3O7. The van der Waals surface area contributed by atoms with Gasteiger partial charge in [-0.1, -0.05) is 24.3 Å². The maximum Gasteiger partial charge on any atom is 0.337 e. The van der Waals surface area contributed by atoms with Gasteiger partial charge in [0, 0.05) is 11.1 Å². The Morgan fingerprint density at radius 1 is 0.838 bits per heavy atom. The second kappa shape index (κ2) is 13.3. The largest absolute Gasteiger partial charge is 0.493 e. The van der Waals surface area contributed by atoms with E-state index in [0.29, 0.717) is 33.9 Å². The number of amides is 2. The van der Waals surface area contributed by atoms with E-state index in [1.165, 1.54) is 33.6 Å². The van der Waals surface area contributed by atoms with Gasteiger partial charge in [0.25, 0.3) is 11.8 Å². The molecule has 2 amide bonds. The third-order valence-corrected chi connectivity index (χ3v) is 5.14. The highest BCUT2D eigenvalue weighted by molar-refractivity contribution is 5.97. The van der Waals surface area contributed by atoms with Crippen molar-refractivity contribution in [3.05, 3.63) is 89.0 Å². The van der Waals surface area contributed by atoms with E-state index < -0.39 is 17.8 Å². The number of hydrazone groups is 1. The van der Waals surface area contributed by atoms with Gasteiger partial charge < -0.3 is 24.3 Å². The smallest absolute Gasteiger partial charge is 0.337 e. The lowest BCUT2D eigenvalue weighted by molar-refractivity contribution is -0.120. The van der Waals surface area contributed by atoms with Crippen LogP contribution in [0.2, 0.25) is 0 Å². The summed E-state index contributed by atoms with van der Waals surface area (Å²) < 4.78 is 20.9. The number of methoxy groups -OCH3 is 3. The molecule has 192 valence electrons. The number of carbonyl (C=O) groups is 3. The Morgan fingerprint density at radius 3 is 2.24 bits per heavy atom. The second-order valence-electron chi connectivity index (χ2n) is 7.56. The summed E-state index contributed by atoms with van der Waals surface area (Å²) in [7, 11) is 4.30. The highest BCUT2D eigenvalue weighted by Gasteiger charge is 2.12. The lowest BCUT2D eigenvalue weighted by Gasteiger charge is -2.10. The van der Waals surface area contributed by atoms with Gasteiger partial charge in [-0.25, -0.2) is 10.2 Å². The van der Waals surface area contributed by atoms with Crippen LogP contribution in [0.15, 0.2) is 71.8 Å². The van der Waals surface area contributed by atoms with Crippen molar-refractivity contribution in [1.82, 2.24) is 10.7 Å². The Morgan fingerprint density at radius 2 is 1.54 bits per heavy atom. The zero-order valence-electron chi connectivity index (χ0n) is 20.6. The molecule has 0 fully saturated rings. The number of rotatable bonds is 11. The van der Waals surface area contributed by atoms with Crippen LogP contribution >= 0.6 is 0 Å². The summed E-state index contributed by atoms with van der Waals surface area (Å²) in [5.74, 6) is 0.0960. The molecule has 3 aromatic rings. The van der Waals surface area contributed by atoms with Crippen molar-refractivity contribution < 1.29 is 33.3 Å². The average molecular weight is 506 g/mol. The number of benzene rings is 3. The third kappa shape index (κ3) is 7.56. The van der Waals surface area contributed by atoms with E-state index in [2.05, 4.69) is 15.8 Å². The molecule has 0 aliphatic heterocycles. The van der Waals surface area contributed by atoms with Crippen molar-refractivity contribution in [3.8, 4) is 17.2 Å². The first-order valence-electron chi connectivity index (χ1n) is 11.2. The molecular weight excluding hydrogens is 478 g/mol. The summed E-state index contributed by atoms with van der Waals surface area (Å²) in [4.78, 5) is 36.0. The molecule has 10 heteroatoms. The quantitative estimate of drug-likeness (QED) is 0.233. The highest BCUT2D eigenvalue weighted by atomic mass is 16.5. The molecule has 3 rings (SSSR count). The summed E-state index contributed by atoms with van der Waals surface area (Å²) in [6.45, 7) is -0.00885. The highest BCUT2D eigenvalue weighted by Crippen LogP contribution is 2.27. The Labute approximate surface area is 214 Å². The number of ether oxygens (including phenoxy) is 4. The van der Waals surface area contributed by atoms with Gasteiger partial charge in [0.15, 0.2) is 11.5 Å². The van der Waals surface area contributed by atoms with Crippen LogP contribution in [0, 0.1) is 0 Å². The van der Waals surface area contributed by atoms with Crippen LogP contribution in [-0.4, -0.2) is 51.9 Å². The minimum absolute atomic E-state index is 0.265. The van der Waals surface area contributed by atoms with E-state index in [0.717, 1.165) is 5.56 Å². The molecule has 0 unspecified atom stereocenters. The van der Waals surface area contributed by atoms with E-state index in [1.807, 2.05) is 12.1 Å². The number of esters is 1. The number of hydrogen-bond donors (Lipinski definition) is 2. The fourth-order valence-corrected chi connectivity index (χ4v) is 3.19.